The molecule has 0 saturated carbocycles. The fourth-order valence-electron chi connectivity index (χ4n) is 1.96. The lowest BCUT2D eigenvalue weighted by molar-refractivity contribution is -0.116. The zero-order valence-electron chi connectivity index (χ0n) is 14.2. The van der Waals surface area contributed by atoms with Crippen LogP contribution < -0.4 is 19.5 Å². The first-order valence-corrected chi connectivity index (χ1v) is 7.49. The maximum absolute atomic E-state index is 11.8. The lowest BCUT2D eigenvalue weighted by atomic mass is 10.1. The molecular weight excluding hydrogens is 298 g/mol. The standard InChI is InChI=1S/C17H25NO5/c1-5-23-10-6-9-18-16(19)8-7-13-11-14(20-2)17(22-4)15(12-13)21-3/h7-8,11-12H,5-6,9-10H2,1-4H3,(H,18,19). The molecule has 0 aromatic heterocycles. The van der Waals surface area contributed by atoms with Crippen LogP contribution in [0.2, 0.25) is 0 Å². The molecule has 0 aliphatic rings. The van der Waals surface area contributed by atoms with Crippen molar-refractivity contribution in [3.8, 4) is 17.2 Å². The van der Waals surface area contributed by atoms with Crippen molar-refractivity contribution in [2.45, 2.75) is 13.3 Å². The first-order chi connectivity index (χ1) is 11.2. The summed E-state index contributed by atoms with van der Waals surface area (Å²) in [5.41, 5.74) is 0.781. The normalized spacial score (nSPS) is 10.6. The molecule has 0 fully saturated rings. The third-order valence-electron chi connectivity index (χ3n) is 3.08. The highest BCUT2D eigenvalue weighted by Gasteiger charge is 2.12. The smallest absolute Gasteiger partial charge is 0.244 e. The van der Waals surface area contributed by atoms with E-state index in [9.17, 15) is 4.79 Å². The van der Waals surface area contributed by atoms with E-state index in [0.717, 1.165) is 12.0 Å². The predicted molar refractivity (Wildman–Crippen MR) is 89.3 cm³/mol. The number of carbonyl (C=O) groups is 1. The van der Waals surface area contributed by atoms with Gasteiger partial charge in [-0.25, -0.2) is 0 Å². The number of benzene rings is 1. The van der Waals surface area contributed by atoms with E-state index in [1.54, 1.807) is 39.5 Å². The number of rotatable bonds is 10. The number of amides is 1. The van der Waals surface area contributed by atoms with Crippen LogP contribution in [-0.4, -0.2) is 47.0 Å². The van der Waals surface area contributed by atoms with Crippen molar-refractivity contribution in [2.24, 2.45) is 0 Å². The van der Waals surface area contributed by atoms with E-state index >= 15 is 0 Å². The quantitative estimate of drug-likeness (QED) is 0.528. The molecule has 128 valence electrons. The summed E-state index contributed by atoms with van der Waals surface area (Å²) in [6.45, 7) is 3.86. The molecule has 1 N–H and O–H groups in total. The predicted octanol–water partition coefficient (Wildman–Crippen LogP) is 2.27. The van der Waals surface area contributed by atoms with Gasteiger partial charge in [-0.2, -0.15) is 0 Å². The zero-order valence-corrected chi connectivity index (χ0v) is 14.2. The van der Waals surface area contributed by atoms with Crippen LogP contribution in [0.15, 0.2) is 18.2 Å². The summed E-state index contributed by atoms with van der Waals surface area (Å²) in [5, 5.41) is 2.80. The number of nitrogens with one attached hydrogen (secondary N) is 1. The maximum Gasteiger partial charge on any atom is 0.244 e. The molecular formula is C17H25NO5. The summed E-state index contributed by atoms with van der Waals surface area (Å²) in [7, 11) is 4.65. The van der Waals surface area contributed by atoms with E-state index in [2.05, 4.69) is 5.32 Å². The minimum atomic E-state index is -0.157. The van der Waals surface area contributed by atoms with Crippen molar-refractivity contribution in [1.82, 2.24) is 5.32 Å². The summed E-state index contributed by atoms with van der Waals surface area (Å²) < 4.78 is 21.0. The Hall–Kier alpha value is -2.21. The molecule has 0 spiro atoms. The van der Waals surface area contributed by atoms with Gasteiger partial charge in [0.2, 0.25) is 11.7 Å². The minimum Gasteiger partial charge on any atom is -0.493 e. The summed E-state index contributed by atoms with van der Waals surface area (Å²) in [6, 6.07) is 3.56. The van der Waals surface area contributed by atoms with Gasteiger partial charge in [0, 0.05) is 25.8 Å². The Labute approximate surface area is 137 Å². The number of hydrogen-bond donors (Lipinski definition) is 1. The molecule has 0 radical (unpaired) electrons. The Bertz CT molecular complexity index is 503. The Balaban J connectivity index is 2.67. The summed E-state index contributed by atoms with van der Waals surface area (Å²) in [5.74, 6) is 1.45. The van der Waals surface area contributed by atoms with Gasteiger partial charge in [0.25, 0.3) is 0 Å². The lowest BCUT2D eigenvalue weighted by Gasteiger charge is -2.12. The SMILES string of the molecule is CCOCCCNC(=O)C=Cc1cc(OC)c(OC)c(OC)c1. The lowest BCUT2D eigenvalue weighted by Crippen LogP contribution is -2.23. The number of ether oxygens (including phenoxy) is 4. The maximum atomic E-state index is 11.8. The molecule has 6 heteroatoms. The highest BCUT2D eigenvalue weighted by molar-refractivity contribution is 5.91. The van der Waals surface area contributed by atoms with Gasteiger partial charge in [0.1, 0.15) is 0 Å². The van der Waals surface area contributed by atoms with Gasteiger partial charge in [-0.3, -0.25) is 4.79 Å². The van der Waals surface area contributed by atoms with Crippen LogP contribution in [0.5, 0.6) is 17.2 Å². The van der Waals surface area contributed by atoms with Crippen LogP contribution in [0.25, 0.3) is 6.08 Å². The van der Waals surface area contributed by atoms with Crippen LogP contribution in [0.1, 0.15) is 18.9 Å². The van der Waals surface area contributed by atoms with Gasteiger partial charge >= 0.3 is 0 Å². The number of carbonyl (C=O) groups excluding carboxylic acids is 1. The summed E-state index contributed by atoms with van der Waals surface area (Å²) in [4.78, 5) is 11.8. The van der Waals surface area contributed by atoms with Crippen LogP contribution in [-0.2, 0) is 9.53 Å². The second-order valence-electron chi connectivity index (χ2n) is 4.63. The topological polar surface area (TPSA) is 66.0 Å². The third-order valence-corrected chi connectivity index (χ3v) is 3.08. The van der Waals surface area contributed by atoms with E-state index in [4.69, 9.17) is 18.9 Å². The van der Waals surface area contributed by atoms with Gasteiger partial charge in [-0.15, -0.1) is 0 Å². The fraction of sp³-hybridized carbons (Fsp3) is 0.471. The molecule has 23 heavy (non-hydrogen) atoms. The van der Waals surface area contributed by atoms with E-state index < -0.39 is 0 Å². The van der Waals surface area contributed by atoms with Gasteiger partial charge in [0.15, 0.2) is 11.5 Å². The Morgan fingerprint density at radius 1 is 1.13 bits per heavy atom. The van der Waals surface area contributed by atoms with E-state index in [1.807, 2.05) is 6.92 Å². The Kier molecular flexibility index (Phi) is 8.60. The highest BCUT2D eigenvalue weighted by atomic mass is 16.5. The van der Waals surface area contributed by atoms with Crippen molar-refractivity contribution in [3.05, 3.63) is 23.8 Å². The van der Waals surface area contributed by atoms with E-state index in [0.29, 0.717) is 37.0 Å². The molecule has 0 heterocycles. The molecule has 0 atom stereocenters. The van der Waals surface area contributed by atoms with Gasteiger partial charge in [-0.1, -0.05) is 0 Å². The first-order valence-electron chi connectivity index (χ1n) is 7.49. The second-order valence-corrected chi connectivity index (χ2v) is 4.63. The van der Waals surface area contributed by atoms with Gasteiger partial charge < -0.3 is 24.3 Å². The molecule has 0 aliphatic carbocycles. The van der Waals surface area contributed by atoms with E-state index in [-0.39, 0.29) is 5.91 Å². The average molecular weight is 323 g/mol. The number of methoxy groups -OCH3 is 3. The Morgan fingerprint density at radius 2 is 1.78 bits per heavy atom. The van der Waals surface area contributed by atoms with Crippen molar-refractivity contribution < 1.29 is 23.7 Å². The van der Waals surface area contributed by atoms with Crippen LogP contribution >= 0.6 is 0 Å². The summed E-state index contributed by atoms with van der Waals surface area (Å²) >= 11 is 0. The van der Waals surface area contributed by atoms with Crippen molar-refractivity contribution >= 4 is 12.0 Å². The monoisotopic (exact) mass is 323 g/mol. The minimum absolute atomic E-state index is 0.157. The first kappa shape index (κ1) is 18.8. The van der Waals surface area contributed by atoms with Crippen LogP contribution in [0, 0.1) is 0 Å². The van der Waals surface area contributed by atoms with Gasteiger partial charge in [0.05, 0.1) is 21.3 Å². The molecule has 0 aliphatic heterocycles. The molecule has 6 nitrogen and oxygen atoms in total. The molecule has 0 unspecified atom stereocenters. The molecule has 0 saturated heterocycles. The molecule has 1 amide bonds. The average Bonchev–Trinajstić information content (AvgIpc) is 2.58. The van der Waals surface area contributed by atoms with Crippen molar-refractivity contribution in [1.29, 1.82) is 0 Å². The van der Waals surface area contributed by atoms with E-state index in [1.165, 1.54) is 6.08 Å². The highest BCUT2D eigenvalue weighted by Crippen LogP contribution is 2.38. The molecule has 1 aromatic carbocycles. The zero-order chi connectivity index (χ0) is 17.1. The fourth-order valence-corrected chi connectivity index (χ4v) is 1.96. The summed E-state index contributed by atoms with van der Waals surface area (Å²) in [6.07, 6.45) is 3.96. The Morgan fingerprint density at radius 3 is 2.30 bits per heavy atom. The van der Waals surface area contributed by atoms with Crippen molar-refractivity contribution in [3.63, 3.8) is 0 Å². The third kappa shape index (κ3) is 6.20. The second kappa shape index (κ2) is 10.5. The molecule has 0 bridgehead atoms. The van der Waals surface area contributed by atoms with Gasteiger partial charge in [-0.05, 0) is 37.1 Å². The molecule has 1 rings (SSSR count). The van der Waals surface area contributed by atoms with Crippen LogP contribution in [0.4, 0.5) is 0 Å². The van der Waals surface area contributed by atoms with Crippen LogP contribution in [0.3, 0.4) is 0 Å². The number of hydrogen-bond acceptors (Lipinski definition) is 5. The molecule has 1 aromatic rings. The van der Waals surface area contributed by atoms with Crippen molar-refractivity contribution in [2.75, 3.05) is 41.1 Å². The largest absolute Gasteiger partial charge is 0.493 e.